The lowest BCUT2D eigenvalue weighted by atomic mass is 10.0. The number of aromatic nitrogens is 2. The largest absolute Gasteiger partial charge is 0.437 e. The first-order valence-corrected chi connectivity index (χ1v) is 12.5. The van der Waals surface area contributed by atoms with Gasteiger partial charge in [-0.25, -0.2) is 9.37 Å². The summed E-state index contributed by atoms with van der Waals surface area (Å²) in [7, 11) is 0. The average Bonchev–Trinajstić information content (AvgIpc) is 3.37. The molecule has 1 unspecified atom stereocenters. The van der Waals surface area contributed by atoms with E-state index in [1.807, 2.05) is 16.7 Å². The minimum Gasteiger partial charge on any atom is -0.417 e. The van der Waals surface area contributed by atoms with Crippen molar-refractivity contribution in [1.29, 1.82) is 0 Å². The molecule has 0 saturated carbocycles. The number of nitrogens with one attached hydrogen (secondary N) is 1. The highest BCUT2D eigenvalue weighted by Crippen LogP contribution is 2.35. The molecule has 12 heteroatoms. The predicted octanol–water partition coefficient (Wildman–Crippen LogP) is 5.04. The molecule has 2 saturated heterocycles. The molecule has 0 aliphatic carbocycles. The first kappa shape index (κ1) is 25.8. The number of oxazole rings is 1. The number of carbonyl (C=O) groups excluding carboxylic acids is 1. The zero-order valence-electron chi connectivity index (χ0n) is 20.8. The van der Waals surface area contributed by atoms with E-state index in [0.717, 1.165) is 12.8 Å². The zero-order valence-corrected chi connectivity index (χ0v) is 20.8. The second-order valence-electron chi connectivity index (χ2n) is 9.65. The monoisotopic (exact) mass is 532 g/mol. The van der Waals surface area contributed by atoms with Crippen molar-refractivity contribution in [3.05, 3.63) is 59.9 Å². The zero-order chi connectivity index (χ0) is 26.9. The highest BCUT2D eigenvalue weighted by atomic mass is 19.4. The van der Waals surface area contributed by atoms with Crippen LogP contribution in [0.4, 0.5) is 40.8 Å². The Morgan fingerprint density at radius 3 is 2.42 bits per heavy atom. The number of nitrogens with zero attached hydrogens (tertiary/aromatic N) is 5. The van der Waals surface area contributed by atoms with Gasteiger partial charge in [0.25, 0.3) is 11.9 Å². The minimum atomic E-state index is -4.84. The van der Waals surface area contributed by atoms with Crippen molar-refractivity contribution in [2.75, 3.05) is 59.3 Å². The second kappa shape index (κ2) is 10.5. The summed E-state index contributed by atoms with van der Waals surface area (Å²) in [5.41, 5.74) is -0.566. The van der Waals surface area contributed by atoms with Gasteiger partial charge in [0.2, 0.25) is 5.76 Å². The van der Waals surface area contributed by atoms with Crippen LogP contribution in [0.25, 0.3) is 0 Å². The fourth-order valence-electron chi connectivity index (χ4n) is 4.87. The molecule has 5 rings (SSSR count). The molecule has 38 heavy (non-hydrogen) atoms. The van der Waals surface area contributed by atoms with Crippen molar-refractivity contribution in [1.82, 2.24) is 9.97 Å². The maximum absolute atomic E-state index is 14.1. The molecule has 0 bridgehead atoms. The molecule has 1 aromatic carbocycles. The number of benzene rings is 1. The number of piperidine rings is 1. The number of rotatable bonds is 5. The molecule has 3 aromatic rings. The van der Waals surface area contributed by atoms with Crippen LogP contribution in [0, 0.1) is 11.7 Å². The van der Waals surface area contributed by atoms with Crippen LogP contribution in [0.3, 0.4) is 0 Å². The third-order valence-corrected chi connectivity index (χ3v) is 6.82. The Balaban J connectivity index is 1.25. The summed E-state index contributed by atoms with van der Waals surface area (Å²) >= 11 is 0. The van der Waals surface area contributed by atoms with E-state index in [1.54, 1.807) is 35.2 Å². The fraction of sp³-hybridized carbons (Fsp3) is 0.423. The predicted molar refractivity (Wildman–Crippen MR) is 135 cm³/mol. The smallest absolute Gasteiger partial charge is 0.417 e. The van der Waals surface area contributed by atoms with E-state index in [4.69, 9.17) is 4.42 Å². The van der Waals surface area contributed by atoms with Crippen molar-refractivity contribution < 1.29 is 26.8 Å². The van der Waals surface area contributed by atoms with Gasteiger partial charge in [-0.2, -0.15) is 18.2 Å². The van der Waals surface area contributed by atoms with E-state index in [9.17, 15) is 22.4 Å². The number of hydrogen-bond acceptors (Lipinski definition) is 7. The maximum Gasteiger partial charge on any atom is 0.437 e. The van der Waals surface area contributed by atoms with Gasteiger partial charge in [-0.1, -0.05) is 19.1 Å². The van der Waals surface area contributed by atoms with Crippen LogP contribution in [0.1, 0.15) is 36.0 Å². The van der Waals surface area contributed by atoms with Gasteiger partial charge in [-0.3, -0.25) is 4.79 Å². The molecule has 2 aromatic heterocycles. The van der Waals surface area contributed by atoms with E-state index in [-0.39, 0.29) is 23.4 Å². The first-order chi connectivity index (χ1) is 18.2. The van der Waals surface area contributed by atoms with Gasteiger partial charge in [0, 0.05) is 39.3 Å². The number of carbonyl (C=O) groups is 1. The lowest BCUT2D eigenvalue weighted by Crippen LogP contribution is -2.47. The summed E-state index contributed by atoms with van der Waals surface area (Å²) in [5, 5.41) is 2.44. The number of para-hydroxylation sites is 1. The Kier molecular flexibility index (Phi) is 7.13. The Hall–Kier alpha value is -3.83. The van der Waals surface area contributed by atoms with Gasteiger partial charge in [0.15, 0.2) is 5.69 Å². The van der Waals surface area contributed by atoms with E-state index < -0.39 is 23.5 Å². The lowest BCUT2D eigenvalue weighted by molar-refractivity contribution is -0.141. The molecule has 1 atom stereocenters. The van der Waals surface area contributed by atoms with Crippen molar-refractivity contribution in [2.24, 2.45) is 5.92 Å². The van der Waals surface area contributed by atoms with E-state index >= 15 is 0 Å². The van der Waals surface area contributed by atoms with Gasteiger partial charge in [-0.05, 0) is 43.0 Å². The van der Waals surface area contributed by atoms with Crippen molar-refractivity contribution >= 4 is 29.1 Å². The SMILES string of the molecule is CC1CCCN(c2nc(C(F)(F)F)c(C(=O)Nc3ccc(N4CCN(c5ccccc5F)CC4)nc3)o2)C1. The quantitative estimate of drug-likeness (QED) is 0.461. The van der Waals surface area contributed by atoms with E-state index in [2.05, 4.69) is 15.3 Å². The maximum atomic E-state index is 14.1. The van der Waals surface area contributed by atoms with Gasteiger partial charge < -0.3 is 24.4 Å². The van der Waals surface area contributed by atoms with E-state index in [0.29, 0.717) is 50.8 Å². The van der Waals surface area contributed by atoms with Crippen LogP contribution in [-0.4, -0.2) is 55.1 Å². The molecule has 4 heterocycles. The summed E-state index contributed by atoms with van der Waals surface area (Å²) in [6, 6.07) is 9.68. The van der Waals surface area contributed by atoms with Crippen LogP contribution in [0.2, 0.25) is 0 Å². The lowest BCUT2D eigenvalue weighted by Gasteiger charge is -2.36. The molecule has 1 amide bonds. The number of hydrogen-bond donors (Lipinski definition) is 1. The summed E-state index contributed by atoms with van der Waals surface area (Å²) < 4.78 is 60.4. The Morgan fingerprint density at radius 1 is 1.03 bits per heavy atom. The highest BCUT2D eigenvalue weighted by Gasteiger charge is 2.42. The third-order valence-electron chi connectivity index (χ3n) is 6.82. The molecular formula is C26H28F4N6O2. The standard InChI is InChI=1S/C26H28F4N6O2/c1-17-5-4-10-36(16-17)25-33-23(26(28,29)30)22(38-25)24(37)32-18-8-9-21(31-15-18)35-13-11-34(12-14-35)20-7-3-2-6-19(20)27/h2-3,6-9,15,17H,4-5,10-14,16H2,1H3,(H,32,37). The van der Waals surface area contributed by atoms with Crippen LogP contribution in [-0.2, 0) is 6.18 Å². The van der Waals surface area contributed by atoms with Crippen molar-refractivity contribution in [3.8, 4) is 0 Å². The van der Waals surface area contributed by atoms with Crippen LogP contribution in [0.5, 0.6) is 0 Å². The van der Waals surface area contributed by atoms with Gasteiger partial charge in [0.1, 0.15) is 11.6 Å². The summed E-state index contributed by atoms with van der Waals surface area (Å²) in [6.45, 7) is 5.46. The normalized spacial score (nSPS) is 18.6. The molecule has 8 nitrogen and oxygen atoms in total. The molecule has 1 N–H and O–H groups in total. The molecule has 202 valence electrons. The first-order valence-electron chi connectivity index (χ1n) is 12.5. The summed E-state index contributed by atoms with van der Waals surface area (Å²) in [4.78, 5) is 26.4. The molecule has 2 aliphatic heterocycles. The van der Waals surface area contributed by atoms with Crippen molar-refractivity contribution in [3.63, 3.8) is 0 Å². The topological polar surface area (TPSA) is 77.7 Å². The number of piperazine rings is 1. The fourth-order valence-corrected chi connectivity index (χ4v) is 4.87. The molecule has 2 fully saturated rings. The summed E-state index contributed by atoms with van der Waals surface area (Å²) in [5.74, 6) is -1.26. The number of halogens is 4. The number of pyridine rings is 1. The van der Waals surface area contributed by atoms with Crippen molar-refractivity contribution in [2.45, 2.75) is 25.9 Å². The highest BCUT2D eigenvalue weighted by molar-refractivity contribution is 6.03. The molecular weight excluding hydrogens is 504 g/mol. The third kappa shape index (κ3) is 5.53. The number of alkyl halides is 3. The van der Waals surface area contributed by atoms with Crippen LogP contribution in [0.15, 0.2) is 47.0 Å². The summed E-state index contributed by atoms with van der Waals surface area (Å²) in [6.07, 6.45) is -1.68. The average molecular weight is 533 g/mol. The van der Waals surface area contributed by atoms with E-state index in [1.165, 1.54) is 12.3 Å². The molecule has 2 aliphatic rings. The van der Waals surface area contributed by atoms with Gasteiger partial charge >= 0.3 is 6.18 Å². The Morgan fingerprint density at radius 2 is 1.76 bits per heavy atom. The molecule has 0 radical (unpaired) electrons. The van der Waals surface area contributed by atoms with Crippen LogP contribution < -0.4 is 20.0 Å². The Labute approximate surface area is 217 Å². The minimum absolute atomic E-state index is 0.197. The van der Waals surface area contributed by atoms with Gasteiger partial charge in [0.05, 0.1) is 17.6 Å². The second-order valence-corrected chi connectivity index (χ2v) is 9.65. The van der Waals surface area contributed by atoms with Crippen LogP contribution >= 0.6 is 0 Å². The number of amides is 1. The Bertz CT molecular complexity index is 1270. The number of anilines is 4. The molecule has 0 spiro atoms. The van der Waals surface area contributed by atoms with Gasteiger partial charge in [-0.15, -0.1) is 0 Å².